The quantitative estimate of drug-likeness (QED) is 0.623. The van der Waals surface area contributed by atoms with Gasteiger partial charge in [-0.15, -0.1) is 0 Å². The molecule has 0 aliphatic heterocycles. The Morgan fingerprint density at radius 1 is 1.83 bits per heavy atom. The van der Waals surface area contributed by atoms with Gasteiger partial charge in [0.25, 0.3) is 0 Å². The van der Waals surface area contributed by atoms with Crippen molar-refractivity contribution >= 4 is 18.8 Å². The van der Waals surface area contributed by atoms with Gasteiger partial charge in [0.2, 0.25) is 0 Å². The highest BCUT2D eigenvalue weighted by Crippen LogP contribution is 2.14. The zero-order chi connectivity index (χ0) is 9.14. The molecule has 1 aromatic heterocycles. The first kappa shape index (κ1) is 9.15. The molecule has 1 heterocycles. The monoisotopic (exact) mass is 187 g/mol. The number of rotatable bonds is 3. The Morgan fingerprint density at radius 3 is 2.92 bits per heavy atom. The minimum Gasteiger partial charge on any atom is -0.478 e. The van der Waals surface area contributed by atoms with Crippen molar-refractivity contribution in [2.75, 3.05) is 0 Å². The third-order valence-corrected chi connectivity index (χ3v) is 1.61. The van der Waals surface area contributed by atoms with Gasteiger partial charge in [-0.25, -0.2) is 4.79 Å². The molecule has 0 saturated heterocycles. The molecular weight excluding hydrogens is 178 g/mol. The number of carboxylic acids is 1. The molecule has 0 aliphatic carbocycles. The van der Waals surface area contributed by atoms with Gasteiger partial charge >= 0.3 is 5.97 Å². The zero-order valence-electron chi connectivity index (χ0n) is 6.50. The first-order valence-electron chi connectivity index (χ1n) is 3.34. The zero-order valence-corrected chi connectivity index (χ0v) is 7.39. The number of aromatic carboxylic acids is 1. The Labute approximate surface area is 75.1 Å². The van der Waals surface area contributed by atoms with Crippen molar-refractivity contribution in [2.24, 2.45) is 0 Å². The molecule has 1 aromatic rings. The van der Waals surface area contributed by atoms with Crippen LogP contribution in [0.4, 0.5) is 0 Å². The lowest BCUT2D eigenvalue weighted by molar-refractivity contribution is 0.0695. The summed E-state index contributed by atoms with van der Waals surface area (Å²) in [5.74, 6) is 0.0163. The summed E-state index contributed by atoms with van der Waals surface area (Å²) in [6.07, 6.45) is 0. The molecule has 0 aliphatic rings. The van der Waals surface area contributed by atoms with Crippen molar-refractivity contribution in [3.8, 4) is 0 Å². The molecule has 5 heteroatoms. The van der Waals surface area contributed by atoms with Gasteiger partial charge in [-0.3, -0.25) is 4.72 Å². The molecule has 0 unspecified atom stereocenters. The van der Waals surface area contributed by atoms with Gasteiger partial charge in [-0.05, 0) is 13.0 Å². The maximum absolute atomic E-state index is 10.5. The number of furan rings is 1. The van der Waals surface area contributed by atoms with Crippen LogP contribution in [0.1, 0.15) is 21.9 Å². The van der Waals surface area contributed by atoms with Crippen LogP contribution < -0.4 is 4.72 Å². The van der Waals surface area contributed by atoms with Crippen molar-refractivity contribution in [1.82, 2.24) is 4.72 Å². The van der Waals surface area contributed by atoms with Gasteiger partial charge in [0.1, 0.15) is 17.1 Å². The number of hydrogen-bond acceptors (Lipinski definition) is 4. The van der Waals surface area contributed by atoms with Crippen molar-refractivity contribution in [3.63, 3.8) is 0 Å². The van der Waals surface area contributed by atoms with Gasteiger partial charge in [0, 0.05) is 0 Å². The van der Waals surface area contributed by atoms with Gasteiger partial charge in [-0.2, -0.15) is 0 Å². The van der Waals surface area contributed by atoms with Crippen molar-refractivity contribution < 1.29 is 14.3 Å². The molecule has 12 heavy (non-hydrogen) atoms. The van der Waals surface area contributed by atoms with Crippen LogP contribution in [0.2, 0.25) is 0 Å². The first-order valence-corrected chi connectivity index (χ1v) is 3.79. The summed E-state index contributed by atoms with van der Waals surface area (Å²) in [5.41, 5.74) is 0.202. The molecule has 1 rings (SSSR count). The van der Waals surface area contributed by atoms with E-state index in [1.165, 1.54) is 6.07 Å². The van der Waals surface area contributed by atoms with Crippen LogP contribution in [-0.2, 0) is 6.54 Å². The summed E-state index contributed by atoms with van der Waals surface area (Å²) in [5, 5.41) is 8.65. The second kappa shape index (κ2) is 3.64. The summed E-state index contributed by atoms with van der Waals surface area (Å²) in [7, 11) is 0. The van der Waals surface area contributed by atoms with Crippen molar-refractivity contribution in [2.45, 2.75) is 13.5 Å². The van der Waals surface area contributed by atoms with E-state index in [1.54, 1.807) is 6.92 Å². The van der Waals surface area contributed by atoms with Crippen LogP contribution in [0.5, 0.6) is 0 Å². The number of carboxylic acid groups (broad SMARTS) is 1. The Morgan fingerprint density at radius 2 is 2.50 bits per heavy atom. The molecule has 66 valence electrons. The maximum Gasteiger partial charge on any atom is 0.339 e. The third-order valence-electron chi connectivity index (χ3n) is 1.45. The molecular formula is C7H9NO3S. The highest BCUT2D eigenvalue weighted by Gasteiger charge is 2.12. The molecule has 4 nitrogen and oxygen atoms in total. The highest BCUT2D eigenvalue weighted by molar-refractivity contribution is 7.78. The molecule has 0 saturated carbocycles. The van der Waals surface area contributed by atoms with E-state index in [1.807, 2.05) is 0 Å². The minimum absolute atomic E-state index is 0.202. The van der Waals surface area contributed by atoms with E-state index in [2.05, 4.69) is 17.5 Å². The average Bonchev–Trinajstić information content (AvgIpc) is 2.32. The second-order valence-corrected chi connectivity index (χ2v) is 2.64. The van der Waals surface area contributed by atoms with Crippen LogP contribution in [0.25, 0.3) is 0 Å². The lowest BCUT2D eigenvalue weighted by Crippen LogP contribution is -1.97. The van der Waals surface area contributed by atoms with Crippen LogP contribution in [0.3, 0.4) is 0 Å². The molecule has 0 radical (unpaired) electrons. The highest BCUT2D eigenvalue weighted by atomic mass is 32.1. The van der Waals surface area contributed by atoms with E-state index in [-0.39, 0.29) is 5.56 Å². The summed E-state index contributed by atoms with van der Waals surface area (Å²) in [6, 6.07) is 1.49. The Kier molecular flexibility index (Phi) is 2.78. The Balaban J connectivity index is 2.92. The maximum atomic E-state index is 10.5. The van der Waals surface area contributed by atoms with E-state index >= 15 is 0 Å². The summed E-state index contributed by atoms with van der Waals surface area (Å²) in [4.78, 5) is 10.5. The molecule has 0 atom stereocenters. The van der Waals surface area contributed by atoms with Gasteiger partial charge in [0.05, 0.1) is 6.54 Å². The normalized spacial score (nSPS) is 10.2. The first-order chi connectivity index (χ1) is 5.65. The smallest absolute Gasteiger partial charge is 0.339 e. The van der Waals surface area contributed by atoms with Crippen LogP contribution in [0.15, 0.2) is 10.5 Å². The number of carbonyl (C=O) groups is 1. The lowest BCUT2D eigenvalue weighted by atomic mass is 10.2. The number of aryl methyl sites for hydroxylation is 1. The summed E-state index contributed by atoms with van der Waals surface area (Å²) in [6.45, 7) is 2.03. The van der Waals surface area contributed by atoms with Crippen molar-refractivity contribution in [1.29, 1.82) is 0 Å². The second-order valence-electron chi connectivity index (χ2n) is 2.32. The summed E-state index contributed by atoms with van der Waals surface area (Å²) >= 11 is 3.77. The van der Waals surface area contributed by atoms with E-state index in [9.17, 15) is 4.79 Å². The Hall–Kier alpha value is -0.940. The van der Waals surface area contributed by atoms with E-state index < -0.39 is 5.97 Å². The van der Waals surface area contributed by atoms with E-state index in [4.69, 9.17) is 9.52 Å². The fourth-order valence-electron chi connectivity index (χ4n) is 0.921. The molecule has 0 aromatic carbocycles. The number of hydrogen-bond donors (Lipinski definition) is 3. The molecule has 0 amide bonds. The molecule has 0 bridgehead atoms. The fraction of sp³-hybridized carbons (Fsp3) is 0.286. The predicted molar refractivity (Wildman–Crippen MR) is 46.2 cm³/mol. The van der Waals surface area contributed by atoms with E-state index in [0.29, 0.717) is 18.1 Å². The SMILES string of the molecule is Cc1oc(CNS)cc1C(=O)O. The Bertz CT molecular complexity index is 295. The lowest BCUT2D eigenvalue weighted by Gasteiger charge is -1.89. The molecule has 0 spiro atoms. The van der Waals surface area contributed by atoms with Crippen LogP contribution in [0, 0.1) is 6.92 Å². The van der Waals surface area contributed by atoms with Crippen molar-refractivity contribution in [3.05, 3.63) is 23.2 Å². The van der Waals surface area contributed by atoms with Gasteiger partial charge in [-0.1, -0.05) is 12.8 Å². The van der Waals surface area contributed by atoms with Gasteiger partial charge < -0.3 is 9.52 Å². The largest absolute Gasteiger partial charge is 0.478 e. The fourth-order valence-corrected chi connectivity index (χ4v) is 1.08. The predicted octanol–water partition coefficient (Wildman–Crippen LogP) is 1.22. The average molecular weight is 187 g/mol. The van der Waals surface area contributed by atoms with E-state index in [0.717, 1.165) is 0 Å². The topological polar surface area (TPSA) is 62.5 Å². The number of thiol groups is 1. The minimum atomic E-state index is -0.971. The molecule has 0 fully saturated rings. The van der Waals surface area contributed by atoms with Crippen LogP contribution in [-0.4, -0.2) is 11.1 Å². The standard InChI is InChI=1S/C7H9NO3S/c1-4-6(7(9)10)2-5(11-4)3-8-12/h2,8,12H,3H2,1H3,(H,9,10). The van der Waals surface area contributed by atoms with Crippen LogP contribution >= 0.6 is 12.8 Å². The third kappa shape index (κ3) is 1.80. The van der Waals surface area contributed by atoms with Gasteiger partial charge in [0.15, 0.2) is 0 Å². The number of nitrogens with one attached hydrogen (secondary N) is 1. The molecule has 2 N–H and O–H groups in total. The summed E-state index contributed by atoms with van der Waals surface area (Å²) < 4.78 is 7.70.